The van der Waals surface area contributed by atoms with Crippen molar-refractivity contribution in [3.05, 3.63) is 4.91 Å². The molecule has 4 bridgehead atoms. The number of carboxylic acids is 2. The lowest BCUT2D eigenvalue weighted by molar-refractivity contribution is -0.148. The summed E-state index contributed by atoms with van der Waals surface area (Å²) in [4.78, 5) is 33.3. The van der Waals surface area contributed by atoms with Crippen LogP contribution in [0.4, 0.5) is 0 Å². The molecule has 7 heteroatoms. The summed E-state index contributed by atoms with van der Waals surface area (Å²) in [7, 11) is 0. The number of aliphatic carboxylic acids is 2. The Kier molecular flexibility index (Phi) is 4.67. The van der Waals surface area contributed by atoms with E-state index in [-0.39, 0.29) is 11.2 Å². The normalized spacial score (nSPS) is 39.1. The Morgan fingerprint density at radius 2 is 1.65 bits per heavy atom. The number of carboxylic acid groups (broad SMARTS) is 2. The molecule has 1 atom stereocenters. The van der Waals surface area contributed by atoms with Gasteiger partial charge in [-0.05, 0) is 68.6 Å². The molecular formula is C16H23NO5S. The largest absolute Gasteiger partial charge is 0.481 e. The molecular weight excluding hydrogens is 318 g/mol. The number of nitroso groups, excluding NO2 is 1. The lowest BCUT2D eigenvalue weighted by Crippen LogP contribution is -2.55. The highest BCUT2D eigenvalue weighted by Gasteiger charge is 2.58. The van der Waals surface area contributed by atoms with Crippen molar-refractivity contribution in [3.8, 4) is 0 Å². The van der Waals surface area contributed by atoms with Crippen LogP contribution in [-0.2, 0) is 9.59 Å². The first-order valence-electron chi connectivity index (χ1n) is 8.40. The molecule has 4 aliphatic rings. The fraction of sp³-hybridized carbons (Fsp3) is 0.875. The van der Waals surface area contributed by atoms with Gasteiger partial charge in [-0.25, -0.2) is 0 Å². The lowest BCUT2D eigenvalue weighted by Gasteiger charge is -2.60. The van der Waals surface area contributed by atoms with Gasteiger partial charge in [0.15, 0.2) is 0 Å². The summed E-state index contributed by atoms with van der Waals surface area (Å²) in [5, 5.41) is 18.2. The van der Waals surface area contributed by atoms with E-state index in [1.54, 1.807) is 0 Å². The summed E-state index contributed by atoms with van der Waals surface area (Å²) < 4.78 is 2.88. The van der Waals surface area contributed by atoms with E-state index in [2.05, 4.69) is 4.58 Å². The molecule has 2 N–H and O–H groups in total. The fourth-order valence-electron chi connectivity index (χ4n) is 5.58. The molecule has 23 heavy (non-hydrogen) atoms. The van der Waals surface area contributed by atoms with Gasteiger partial charge in [0.1, 0.15) is 0 Å². The molecule has 0 aromatic heterocycles. The highest BCUT2D eigenvalue weighted by molar-refractivity contribution is 7.99. The highest BCUT2D eigenvalue weighted by atomic mass is 32.2. The Bertz CT molecular complexity index is 481. The lowest BCUT2D eigenvalue weighted by atomic mass is 9.50. The average Bonchev–Trinajstić information content (AvgIpc) is 2.47. The molecule has 0 aromatic rings. The van der Waals surface area contributed by atoms with Crippen LogP contribution >= 0.6 is 11.9 Å². The molecule has 1 unspecified atom stereocenters. The van der Waals surface area contributed by atoms with E-state index in [0.29, 0.717) is 24.7 Å². The molecule has 6 nitrogen and oxygen atoms in total. The molecule has 4 rings (SSSR count). The van der Waals surface area contributed by atoms with E-state index >= 15 is 0 Å². The molecule has 0 heterocycles. The maximum Gasteiger partial charge on any atom is 0.307 e. The minimum atomic E-state index is -1.09. The Morgan fingerprint density at radius 3 is 2.09 bits per heavy atom. The van der Waals surface area contributed by atoms with Crippen molar-refractivity contribution >= 4 is 23.9 Å². The molecule has 4 saturated carbocycles. The van der Waals surface area contributed by atoms with E-state index in [1.807, 2.05) is 0 Å². The monoisotopic (exact) mass is 341 g/mol. The van der Waals surface area contributed by atoms with Crippen LogP contribution in [0.15, 0.2) is 4.58 Å². The van der Waals surface area contributed by atoms with Crippen LogP contribution in [0.1, 0.15) is 51.4 Å². The van der Waals surface area contributed by atoms with E-state index in [9.17, 15) is 19.6 Å². The van der Waals surface area contributed by atoms with Crippen LogP contribution in [0.3, 0.4) is 0 Å². The third kappa shape index (κ3) is 3.12. The maximum absolute atomic E-state index is 11.3. The van der Waals surface area contributed by atoms with E-state index in [1.165, 1.54) is 6.42 Å². The van der Waals surface area contributed by atoms with Gasteiger partial charge in [-0.1, -0.05) is 0 Å². The summed E-state index contributed by atoms with van der Waals surface area (Å²) in [5.41, 5.74) is 0. The standard InChI is InChI=1S/C16H23NO5S/c18-14(19)8-11(15(20)21)1-2-16(23-17-22)12-4-9-3-10(6-12)7-13(16)5-9/h9-13H,1-8H2,(H,18,19)(H,20,21). The van der Waals surface area contributed by atoms with E-state index in [0.717, 1.165) is 49.5 Å². The summed E-state index contributed by atoms with van der Waals surface area (Å²) >= 11 is 1.12. The molecule has 0 aromatic carbocycles. The molecule has 0 spiro atoms. The van der Waals surface area contributed by atoms with Gasteiger partial charge in [-0.2, -0.15) is 0 Å². The van der Waals surface area contributed by atoms with Crippen LogP contribution < -0.4 is 0 Å². The van der Waals surface area contributed by atoms with E-state index < -0.39 is 17.9 Å². The summed E-state index contributed by atoms with van der Waals surface area (Å²) in [6.07, 6.45) is 6.32. The summed E-state index contributed by atoms with van der Waals surface area (Å²) in [5.74, 6) is -0.650. The second-order valence-electron chi connectivity index (χ2n) is 7.60. The van der Waals surface area contributed by atoms with Gasteiger partial charge in [-0.3, -0.25) is 9.59 Å². The van der Waals surface area contributed by atoms with Crippen molar-refractivity contribution in [2.75, 3.05) is 0 Å². The molecule has 0 saturated heterocycles. The van der Waals surface area contributed by atoms with Crippen LogP contribution in [0, 0.1) is 34.5 Å². The first kappa shape index (κ1) is 16.7. The average molecular weight is 341 g/mol. The Balaban J connectivity index is 1.75. The highest BCUT2D eigenvalue weighted by Crippen LogP contribution is 2.64. The third-order valence-corrected chi connectivity index (χ3v) is 7.67. The zero-order chi connectivity index (χ0) is 16.6. The first-order valence-corrected chi connectivity index (χ1v) is 9.17. The van der Waals surface area contributed by atoms with Crippen molar-refractivity contribution in [1.29, 1.82) is 0 Å². The quantitative estimate of drug-likeness (QED) is 0.517. The number of rotatable bonds is 8. The maximum atomic E-state index is 11.3. The van der Waals surface area contributed by atoms with Crippen molar-refractivity contribution in [1.82, 2.24) is 0 Å². The molecule has 4 aliphatic carbocycles. The predicted molar refractivity (Wildman–Crippen MR) is 85.8 cm³/mol. The van der Waals surface area contributed by atoms with Crippen LogP contribution in [0.2, 0.25) is 0 Å². The number of nitrogens with zero attached hydrogens (tertiary/aromatic N) is 1. The SMILES string of the molecule is O=NSC1(CCC(CC(=O)O)C(=O)O)C2CC3CC(C2)CC1C3. The summed E-state index contributed by atoms with van der Waals surface area (Å²) in [6, 6.07) is 0. The second-order valence-corrected chi connectivity index (χ2v) is 8.69. The first-order chi connectivity index (χ1) is 10.9. The van der Waals surface area contributed by atoms with Crippen molar-refractivity contribution in [2.45, 2.75) is 56.1 Å². The van der Waals surface area contributed by atoms with Crippen LogP contribution in [0.25, 0.3) is 0 Å². The number of hydrogen-bond donors (Lipinski definition) is 2. The van der Waals surface area contributed by atoms with Crippen molar-refractivity contribution in [3.63, 3.8) is 0 Å². The zero-order valence-corrected chi connectivity index (χ0v) is 13.8. The fourth-order valence-corrected chi connectivity index (χ4v) is 6.61. The zero-order valence-electron chi connectivity index (χ0n) is 13.0. The topological polar surface area (TPSA) is 104 Å². The predicted octanol–water partition coefficient (Wildman–Crippen LogP) is 3.55. The molecule has 0 radical (unpaired) electrons. The molecule has 128 valence electrons. The second kappa shape index (κ2) is 6.42. The van der Waals surface area contributed by atoms with E-state index in [4.69, 9.17) is 5.11 Å². The summed E-state index contributed by atoms with van der Waals surface area (Å²) in [6.45, 7) is 0. The minimum Gasteiger partial charge on any atom is -0.481 e. The molecule has 4 fully saturated rings. The van der Waals surface area contributed by atoms with Gasteiger partial charge in [0.05, 0.1) is 12.3 Å². The van der Waals surface area contributed by atoms with Crippen LogP contribution in [0.5, 0.6) is 0 Å². The van der Waals surface area contributed by atoms with Gasteiger partial charge in [0.25, 0.3) is 0 Å². The van der Waals surface area contributed by atoms with Gasteiger partial charge in [-0.15, -0.1) is 4.91 Å². The van der Waals surface area contributed by atoms with Gasteiger partial charge in [0.2, 0.25) is 0 Å². The van der Waals surface area contributed by atoms with Gasteiger partial charge in [0, 0.05) is 21.3 Å². The number of hydrogen-bond acceptors (Lipinski definition) is 5. The Morgan fingerprint density at radius 1 is 1.09 bits per heavy atom. The third-order valence-electron chi connectivity index (χ3n) is 6.38. The van der Waals surface area contributed by atoms with Gasteiger partial charge < -0.3 is 10.2 Å². The van der Waals surface area contributed by atoms with Crippen molar-refractivity contribution in [2.24, 2.45) is 34.2 Å². The van der Waals surface area contributed by atoms with Crippen molar-refractivity contribution < 1.29 is 19.8 Å². The molecule has 0 amide bonds. The Labute approximate surface area is 139 Å². The van der Waals surface area contributed by atoms with Crippen LogP contribution in [-0.4, -0.2) is 26.9 Å². The molecule has 0 aliphatic heterocycles. The van der Waals surface area contributed by atoms with Gasteiger partial charge >= 0.3 is 11.9 Å². The number of carbonyl (C=O) groups is 2. The smallest absolute Gasteiger partial charge is 0.307 e. The minimum absolute atomic E-state index is 0.263. The Hall–Kier alpha value is -1.11.